The van der Waals surface area contributed by atoms with Gasteiger partial charge in [0.15, 0.2) is 0 Å². The highest BCUT2D eigenvalue weighted by molar-refractivity contribution is 9.10. The van der Waals surface area contributed by atoms with Crippen LogP contribution in [0.25, 0.3) is 0 Å². The summed E-state index contributed by atoms with van der Waals surface area (Å²) in [5.41, 5.74) is 0.644. The van der Waals surface area contributed by atoms with E-state index in [0.29, 0.717) is 5.69 Å². The molecule has 1 saturated heterocycles. The number of halogens is 1. The Bertz CT molecular complexity index is 473. The van der Waals surface area contributed by atoms with Crippen LogP contribution in [0.1, 0.15) is 12.8 Å². The number of anilines is 1. The first kappa shape index (κ1) is 14.0. The minimum Gasteiger partial charge on any atom is -0.317 e. The van der Waals surface area contributed by atoms with Gasteiger partial charge < -0.3 is 10.6 Å². The SMILES string of the molecule is O=C(NC(=O)C1CCNCC1)Nc1cccc(Br)c1. The van der Waals surface area contributed by atoms with Gasteiger partial charge in [-0.15, -0.1) is 0 Å². The highest BCUT2D eigenvalue weighted by Gasteiger charge is 2.22. The van der Waals surface area contributed by atoms with Crippen molar-refractivity contribution in [3.05, 3.63) is 28.7 Å². The first-order chi connectivity index (χ1) is 9.15. The Balaban J connectivity index is 1.85. The van der Waals surface area contributed by atoms with Gasteiger partial charge in [-0.1, -0.05) is 22.0 Å². The number of amides is 3. The molecule has 0 aliphatic carbocycles. The molecule has 0 radical (unpaired) electrons. The highest BCUT2D eigenvalue weighted by Crippen LogP contribution is 2.15. The lowest BCUT2D eigenvalue weighted by atomic mass is 9.97. The van der Waals surface area contributed by atoms with Crippen LogP contribution in [0.5, 0.6) is 0 Å². The molecule has 1 aromatic carbocycles. The Morgan fingerprint density at radius 2 is 2.00 bits per heavy atom. The van der Waals surface area contributed by atoms with E-state index in [-0.39, 0.29) is 11.8 Å². The minimum absolute atomic E-state index is 0.0745. The van der Waals surface area contributed by atoms with Crippen molar-refractivity contribution in [2.75, 3.05) is 18.4 Å². The van der Waals surface area contributed by atoms with Crippen molar-refractivity contribution in [3.8, 4) is 0 Å². The van der Waals surface area contributed by atoms with Gasteiger partial charge in [0.1, 0.15) is 0 Å². The molecule has 1 heterocycles. The number of urea groups is 1. The van der Waals surface area contributed by atoms with E-state index in [4.69, 9.17) is 0 Å². The zero-order valence-corrected chi connectivity index (χ0v) is 12.0. The average Bonchev–Trinajstić information content (AvgIpc) is 2.39. The van der Waals surface area contributed by atoms with Crippen LogP contribution in [-0.4, -0.2) is 25.0 Å². The normalized spacial score (nSPS) is 15.8. The topological polar surface area (TPSA) is 70.2 Å². The zero-order valence-electron chi connectivity index (χ0n) is 10.4. The molecule has 0 atom stereocenters. The van der Waals surface area contributed by atoms with Gasteiger partial charge in [-0.2, -0.15) is 0 Å². The second-order valence-electron chi connectivity index (χ2n) is 4.48. The molecular weight excluding hydrogens is 310 g/mol. The number of piperidine rings is 1. The average molecular weight is 326 g/mol. The Hall–Kier alpha value is -1.40. The fraction of sp³-hybridized carbons (Fsp3) is 0.385. The van der Waals surface area contributed by atoms with Crippen molar-refractivity contribution in [2.24, 2.45) is 5.92 Å². The molecule has 0 spiro atoms. The number of carbonyl (C=O) groups is 2. The monoisotopic (exact) mass is 325 g/mol. The summed E-state index contributed by atoms with van der Waals surface area (Å²) in [7, 11) is 0. The van der Waals surface area contributed by atoms with E-state index in [9.17, 15) is 9.59 Å². The summed E-state index contributed by atoms with van der Waals surface area (Å²) < 4.78 is 0.870. The molecule has 1 aliphatic heterocycles. The van der Waals surface area contributed by atoms with Crippen LogP contribution in [0, 0.1) is 5.92 Å². The van der Waals surface area contributed by atoms with Crippen molar-refractivity contribution in [2.45, 2.75) is 12.8 Å². The summed E-state index contributed by atoms with van der Waals surface area (Å²) in [5, 5.41) is 8.20. The summed E-state index contributed by atoms with van der Waals surface area (Å²) in [6.07, 6.45) is 1.55. The van der Waals surface area contributed by atoms with E-state index in [1.165, 1.54) is 0 Å². The van der Waals surface area contributed by atoms with Crippen molar-refractivity contribution in [3.63, 3.8) is 0 Å². The third-order valence-electron chi connectivity index (χ3n) is 3.03. The Morgan fingerprint density at radius 3 is 2.68 bits per heavy atom. The van der Waals surface area contributed by atoms with Gasteiger partial charge in [-0.3, -0.25) is 10.1 Å². The van der Waals surface area contributed by atoms with Crippen molar-refractivity contribution < 1.29 is 9.59 Å². The first-order valence-electron chi connectivity index (χ1n) is 6.23. The Labute approximate surface area is 120 Å². The summed E-state index contributed by atoms with van der Waals surface area (Å²) in [5.74, 6) is -0.275. The Morgan fingerprint density at radius 1 is 1.26 bits per heavy atom. The second-order valence-corrected chi connectivity index (χ2v) is 5.39. The van der Waals surface area contributed by atoms with Crippen molar-refractivity contribution >= 4 is 33.6 Å². The van der Waals surface area contributed by atoms with Gasteiger partial charge in [0.05, 0.1) is 0 Å². The fourth-order valence-corrected chi connectivity index (χ4v) is 2.43. The molecule has 3 N–H and O–H groups in total. The van der Waals surface area contributed by atoms with Gasteiger partial charge in [-0.25, -0.2) is 4.79 Å². The van der Waals surface area contributed by atoms with Crippen LogP contribution in [0.15, 0.2) is 28.7 Å². The maximum Gasteiger partial charge on any atom is 0.325 e. The van der Waals surface area contributed by atoms with Gasteiger partial charge in [0.25, 0.3) is 0 Å². The molecular formula is C13H16BrN3O2. The molecule has 1 aromatic rings. The first-order valence-corrected chi connectivity index (χ1v) is 7.02. The lowest BCUT2D eigenvalue weighted by Gasteiger charge is -2.21. The zero-order chi connectivity index (χ0) is 13.7. The second kappa shape index (κ2) is 6.68. The number of hydrogen-bond acceptors (Lipinski definition) is 3. The third-order valence-corrected chi connectivity index (χ3v) is 3.52. The number of carbonyl (C=O) groups excluding carboxylic acids is 2. The molecule has 19 heavy (non-hydrogen) atoms. The van der Waals surface area contributed by atoms with E-state index in [1.54, 1.807) is 12.1 Å². The number of nitrogens with one attached hydrogen (secondary N) is 3. The standard InChI is InChI=1S/C13H16BrN3O2/c14-10-2-1-3-11(8-10)16-13(19)17-12(18)9-4-6-15-7-5-9/h1-3,8-9,15H,4-7H2,(H2,16,17,18,19). The number of rotatable bonds is 2. The third kappa shape index (κ3) is 4.33. The fourth-order valence-electron chi connectivity index (χ4n) is 2.03. The number of hydrogen-bond donors (Lipinski definition) is 3. The van der Waals surface area contributed by atoms with Crippen molar-refractivity contribution in [1.82, 2.24) is 10.6 Å². The van der Waals surface area contributed by atoms with E-state index >= 15 is 0 Å². The van der Waals surface area contributed by atoms with Gasteiger partial charge in [0, 0.05) is 16.1 Å². The van der Waals surface area contributed by atoms with Crippen LogP contribution in [-0.2, 0) is 4.79 Å². The van der Waals surface area contributed by atoms with E-state index in [0.717, 1.165) is 30.4 Å². The molecule has 0 unspecified atom stereocenters. The summed E-state index contributed by atoms with van der Waals surface area (Å²) in [6.45, 7) is 1.65. The molecule has 3 amide bonds. The molecule has 1 fully saturated rings. The van der Waals surface area contributed by atoms with E-state index < -0.39 is 6.03 Å². The van der Waals surface area contributed by atoms with Gasteiger partial charge in [0.2, 0.25) is 5.91 Å². The number of imide groups is 1. The van der Waals surface area contributed by atoms with Gasteiger partial charge in [-0.05, 0) is 44.1 Å². The van der Waals surface area contributed by atoms with Crippen molar-refractivity contribution in [1.29, 1.82) is 0 Å². The molecule has 102 valence electrons. The van der Waals surface area contributed by atoms with Crippen LogP contribution in [0.2, 0.25) is 0 Å². The molecule has 0 aromatic heterocycles. The molecule has 2 rings (SSSR count). The molecule has 5 nitrogen and oxygen atoms in total. The van der Waals surface area contributed by atoms with Crippen LogP contribution >= 0.6 is 15.9 Å². The van der Waals surface area contributed by atoms with Gasteiger partial charge >= 0.3 is 6.03 Å². The smallest absolute Gasteiger partial charge is 0.317 e. The number of benzene rings is 1. The maximum absolute atomic E-state index is 11.9. The van der Waals surface area contributed by atoms with Crippen LogP contribution in [0.3, 0.4) is 0 Å². The largest absolute Gasteiger partial charge is 0.325 e. The highest BCUT2D eigenvalue weighted by atomic mass is 79.9. The summed E-state index contributed by atoms with van der Waals surface area (Å²) in [4.78, 5) is 23.6. The quantitative estimate of drug-likeness (QED) is 0.779. The lowest BCUT2D eigenvalue weighted by molar-refractivity contribution is -0.124. The van der Waals surface area contributed by atoms with Crippen LogP contribution in [0.4, 0.5) is 10.5 Å². The van der Waals surface area contributed by atoms with Crippen LogP contribution < -0.4 is 16.0 Å². The molecule has 0 bridgehead atoms. The van der Waals surface area contributed by atoms with E-state index in [1.807, 2.05) is 12.1 Å². The molecule has 1 aliphatic rings. The minimum atomic E-state index is -0.485. The predicted molar refractivity (Wildman–Crippen MR) is 76.9 cm³/mol. The summed E-state index contributed by atoms with van der Waals surface area (Å²) in [6, 6.07) is 6.73. The molecule has 6 heteroatoms. The maximum atomic E-state index is 11.9. The molecule has 0 saturated carbocycles. The lowest BCUT2D eigenvalue weighted by Crippen LogP contribution is -2.42. The van der Waals surface area contributed by atoms with E-state index in [2.05, 4.69) is 31.9 Å². The predicted octanol–water partition coefficient (Wildman–Crippen LogP) is 2.10. The Kier molecular flexibility index (Phi) is 4.93. The summed E-state index contributed by atoms with van der Waals surface area (Å²) >= 11 is 3.32.